The van der Waals surface area contributed by atoms with Crippen LogP contribution < -0.4 is 10.1 Å². The summed E-state index contributed by atoms with van der Waals surface area (Å²) in [6.07, 6.45) is 0.273. The van der Waals surface area contributed by atoms with Gasteiger partial charge in [-0.05, 0) is 31.4 Å². The molecule has 1 aromatic rings. The first-order valence-electron chi connectivity index (χ1n) is 6.99. The van der Waals surface area contributed by atoms with E-state index in [1.807, 2.05) is 45.9 Å². The number of rotatable bonds is 4. The van der Waals surface area contributed by atoms with E-state index >= 15 is 0 Å². The molecule has 1 aliphatic rings. The summed E-state index contributed by atoms with van der Waals surface area (Å²) in [7, 11) is 0. The minimum atomic E-state index is -0.340. The van der Waals surface area contributed by atoms with Gasteiger partial charge in [-0.25, -0.2) is 0 Å². The van der Waals surface area contributed by atoms with Crippen LogP contribution in [0.3, 0.4) is 0 Å². The molecule has 2 N–H and O–H groups in total. The van der Waals surface area contributed by atoms with Crippen LogP contribution in [-0.4, -0.2) is 29.8 Å². The van der Waals surface area contributed by atoms with Crippen molar-refractivity contribution < 1.29 is 14.6 Å². The molecule has 1 amide bonds. The molecular formula is C16H23NO3. The third-order valence-electron chi connectivity index (χ3n) is 4.31. The van der Waals surface area contributed by atoms with Crippen molar-refractivity contribution in [2.75, 3.05) is 6.61 Å². The molecule has 1 fully saturated rings. The lowest BCUT2D eigenvalue weighted by molar-refractivity contribution is -0.131. The minimum absolute atomic E-state index is 0.00830. The van der Waals surface area contributed by atoms with E-state index < -0.39 is 0 Å². The Morgan fingerprint density at radius 3 is 2.50 bits per heavy atom. The van der Waals surface area contributed by atoms with Crippen LogP contribution in [0, 0.1) is 19.3 Å². The average Bonchev–Trinajstić information content (AvgIpc) is 2.38. The van der Waals surface area contributed by atoms with Gasteiger partial charge in [0.15, 0.2) is 6.61 Å². The van der Waals surface area contributed by atoms with Gasteiger partial charge in [0.1, 0.15) is 5.75 Å². The molecule has 0 heterocycles. The molecule has 0 radical (unpaired) electrons. The zero-order valence-corrected chi connectivity index (χ0v) is 12.6. The molecular weight excluding hydrogens is 254 g/mol. The van der Waals surface area contributed by atoms with Gasteiger partial charge in [0, 0.05) is 11.5 Å². The fourth-order valence-corrected chi connectivity index (χ4v) is 2.55. The van der Waals surface area contributed by atoms with Crippen LogP contribution >= 0.6 is 0 Å². The van der Waals surface area contributed by atoms with Crippen molar-refractivity contribution in [2.45, 2.75) is 46.3 Å². The lowest BCUT2D eigenvalue weighted by atomic mass is 9.64. The molecule has 0 aliphatic heterocycles. The summed E-state index contributed by atoms with van der Waals surface area (Å²) >= 11 is 0. The van der Waals surface area contributed by atoms with Crippen molar-refractivity contribution >= 4 is 5.91 Å². The van der Waals surface area contributed by atoms with Gasteiger partial charge >= 0.3 is 0 Å². The second-order valence-electron chi connectivity index (χ2n) is 6.20. The van der Waals surface area contributed by atoms with E-state index in [1.165, 1.54) is 0 Å². The molecule has 0 saturated heterocycles. The van der Waals surface area contributed by atoms with Crippen LogP contribution in [0.4, 0.5) is 0 Å². The van der Waals surface area contributed by atoms with Crippen LogP contribution in [0.1, 0.15) is 31.4 Å². The summed E-state index contributed by atoms with van der Waals surface area (Å²) in [5.41, 5.74) is 1.79. The normalized spacial score (nSPS) is 23.9. The minimum Gasteiger partial charge on any atom is -0.483 e. The largest absolute Gasteiger partial charge is 0.483 e. The Balaban J connectivity index is 1.87. The van der Waals surface area contributed by atoms with E-state index in [0.29, 0.717) is 6.42 Å². The molecule has 1 aliphatic carbocycles. The van der Waals surface area contributed by atoms with E-state index in [-0.39, 0.29) is 30.1 Å². The van der Waals surface area contributed by atoms with Crippen LogP contribution in [0.15, 0.2) is 18.2 Å². The maximum Gasteiger partial charge on any atom is 0.258 e. The number of ether oxygens (including phenoxy) is 1. The quantitative estimate of drug-likeness (QED) is 0.884. The summed E-state index contributed by atoms with van der Waals surface area (Å²) in [5.74, 6) is 0.633. The monoisotopic (exact) mass is 277 g/mol. The highest BCUT2D eigenvalue weighted by Gasteiger charge is 2.47. The lowest BCUT2D eigenvalue weighted by Gasteiger charge is -2.49. The number of amides is 1. The van der Waals surface area contributed by atoms with Gasteiger partial charge in [-0.15, -0.1) is 0 Å². The van der Waals surface area contributed by atoms with E-state index in [9.17, 15) is 9.90 Å². The fourth-order valence-electron chi connectivity index (χ4n) is 2.55. The van der Waals surface area contributed by atoms with Crippen LogP contribution in [0.5, 0.6) is 5.75 Å². The first-order chi connectivity index (χ1) is 9.32. The molecule has 2 atom stereocenters. The van der Waals surface area contributed by atoms with Gasteiger partial charge in [0.2, 0.25) is 0 Å². The second kappa shape index (κ2) is 5.44. The number of nitrogens with one attached hydrogen (secondary N) is 1. The summed E-state index contributed by atoms with van der Waals surface area (Å²) in [4.78, 5) is 11.9. The van der Waals surface area contributed by atoms with Gasteiger partial charge in [0.05, 0.1) is 6.10 Å². The van der Waals surface area contributed by atoms with Gasteiger partial charge < -0.3 is 15.2 Å². The summed E-state index contributed by atoms with van der Waals surface area (Å²) < 4.78 is 5.62. The molecule has 4 heteroatoms. The van der Waals surface area contributed by atoms with Crippen molar-refractivity contribution in [3.05, 3.63) is 29.3 Å². The highest BCUT2D eigenvalue weighted by molar-refractivity contribution is 5.78. The van der Waals surface area contributed by atoms with E-state index in [1.54, 1.807) is 0 Å². The third-order valence-corrected chi connectivity index (χ3v) is 4.31. The highest BCUT2D eigenvalue weighted by atomic mass is 16.5. The molecule has 1 saturated carbocycles. The maximum absolute atomic E-state index is 11.9. The van der Waals surface area contributed by atoms with Crippen LogP contribution in [0.2, 0.25) is 0 Å². The average molecular weight is 277 g/mol. The molecule has 0 bridgehead atoms. The number of aliphatic hydroxyl groups is 1. The smallest absolute Gasteiger partial charge is 0.258 e. The number of hydrogen-bond acceptors (Lipinski definition) is 3. The standard InChI is InChI=1S/C16H23NO3/c1-10-6-5-7-11(2)15(10)20-9-14(19)17-12-8-13(18)16(12,3)4/h5-7,12-13,18H,8-9H2,1-4H3,(H,17,19). The highest BCUT2D eigenvalue weighted by Crippen LogP contribution is 2.40. The van der Waals surface area contributed by atoms with Gasteiger partial charge in [-0.3, -0.25) is 4.79 Å². The Hall–Kier alpha value is -1.55. The SMILES string of the molecule is Cc1cccc(C)c1OCC(=O)NC1CC(O)C1(C)C. The van der Waals surface area contributed by atoms with Gasteiger partial charge in [0.25, 0.3) is 5.91 Å². The van der Waals surface area contributed by atoms with Crippen molar-refractivity contribution in [2.24, 2.45) is 5.41 Å². The predicted molar refractivity (Wildman–Crippen MR) is 77.7 cm³/mol. The fraction of sp³-hybridized carbons (Fsp3) is 0.562. The molecule has 2 unspecified atom stereocenters. The Morgan fingerprint density at radius 2 is 2.00 bits per heavy atom. The second-order valence-corrected chi connectivity index (χ2v) is 6.20. The zero-order chi connectivity index (χ0) is 14.9. The number of benzene rings is 1. The first kappa shape index (κ1) is 14.9. The lowest BCUT2D eigenvalue weighted by Crippen LogP contribution is -2.61. The molecule has 20 heavy (non-hydrogen) atoms. The number of carbonyl (C=O) groups excluding carboxylic acids is 1. The Kier molecular flexibility index (Phi) is 4.04. The number of carbonyl (C=O) groups is 1. The van der Waals surface area contributed by atoms with Crippen molar-refractivity contribution in [1.82, 2.24) is 5.32 Å². The van der Waals surface area contributed by atoms with Crippen LogP contribution in [0.25, 0.3) is 0 Å². The predicted octanol–water partition coefficient (Wildman–Crippen LogP) is 1.96. The number of aryl methyl sites for hydroxylation is 2. The topological polar surface area (TPSA) is 58.6 Å². The van der Waals surface area contributed by atoms with Crippen molar-refractivity contribution in [3.63, 3.8) is 0 Å². The molecule has 1 aromatic carbocycles. The van der Waals surface area contributed by atoms with Crippen LogP contribution in [-0.2, 0) is 4.79 Å². The van der Waals surface area contributed by atoms with Crippen molar-refractivity contribution in [1.29, 1.82) is 0 Å². The number of hydrogen-bond donors (Lipinski definition) is 2. The summed E-state index contributed by atoms with van der Waals surface area (Å²) in [6.45, 7) is 7.85. The Labute approximate surface area is 120 Å². The molecule has 0 spiro atoms. The number of para-hydroxylation sites is 1. The maximum atomic E-state index is 11.9. The van der Waals surface area contributed by atoms with E-state index in [4.69, 9.17) is 4.74 Å². The van der Waals surface area contributed by atoms with E-state index in [2.05, 4.69) is 5.32 Å². The van der Waals surface area contributed by atoms with Crippen molar-refractivity contribution in [3.8, 4) is 5.75 Å². The number of aliphatic hydroxyl groups excluding tert-OH is 1. The van der Waals surface area contributed by atoms with Gasteiger partial charge in [-0.2, -0.15) is 0 Å². The third kappa shape index (κ3) is 2.80. The molecule has 0 aromatic heterocycles. The zero-order valence-electron chi connectivity index (χ0n) is 12.6. The molecule has 2 rings (SSSR count). The molecule has 4 nitrogen and oxygen atoms in total. The van der Waals surface area contributed by atoms with E-state index in [0.717, 1.165) is 16.9 Å². The molecule has 110 valence electrons. The summed E-state index contributed by atoms with van der Waals surface area (Å²) in [5, 5.41) is 12.6. The Bertz CT molecular complexity index is 490. The van der Waals surface area contributed by atoms with Gasteiger partial charge in [-0.1, -0.05) is 32.0 Å². The Morgan fingerprint density at radius 1 is 1.40 bits per heavy atom. The first-order valence-corrected chi connectivity index (χ1v) is 6.99. The summed E-state index contributed by atoms with van der Waals surface area (Å²) in [6, 6.07) is 5.92.